The first-order chi connectivity index (χ1) is 12.0. The molecule has 2 saturated heterocycles. The van der Waals surface area contributed by atoms with Gasteiger partial charge in [0.05, 0.1) is 24.4 Å². The maximum atomic E-state index is 13.9. The molecule has 3 heterocycles. The molecule has 0 unspecified atom stereocenters. The van der Waals surface area contributed by atoms with Crippen LogP contribution >= 0.6 is 0 Å². The summed E-state index contributed by atoms with van der Waals surface area (Å²) in [6.45, 7) is 4.55. The highest BCUT2D eigenvalue weighted by molar-refractivity contribution is 5.17. The number of ether oxygens (including phenoxy) is 2. The second-order valence-electron chi connectivity index (χ2n) is 6.73. The summed E-state index contributed by atoms with van der Waals surface area (Å²) < 4.78 is 27.3. The van der Waals surface area contributed by atoms with E-state index in [1.54, 1.807) is 22.9 Å². The molecule has 5 atom stereocenters. The molecule has 1 aromatic heterocycles. The summed E-state index contributed by atoms with van der Waals surface area (Å²) in [4.78, 5) is 0. The molecule has 2 N–H and O–H groups in total. The Balaban J connectivity index is 1.56. The SMILES string of the molecule is Cc1cc(C)n([C@H]2[C@@H]3OC[C@@H](O3)[C@@H](NCc3ccccc3F)[C@@H]2O)n1. The minimum absolute atomic E-state index is 0.264. The number of hydrogen-bond donors (Lipinski definition) is 2. The van der Waals surface area contributed by atoms with Crippen molar-refractivity contribution in [3.05, 3.63) is 53.1 Å². The van der Waals surface area contributed by atoms with Crippen molar-refractivity contribution < 1.29 is 19.0 Å². The first kappa shape index (κ1) is 16.7. The third-order valence-corrected chi connectivity index (χ3v) is 4.94. The van der Waals surface area contributed by atoms with Gasteiger partial charge in [-0.05, 0) is 26.0 Å². The highest BCUT2D eigenvalue weighted by Crippen LogP contribution is 2.36. The van der Waals surface area contributed by atoms with Gasteiger partial charge in [0, 0.05) is 17.8 Å². The molecule has 25 heavy (non-hydrogen) atoms. The molecule has 1 aromatic carbocycles. The summed E-state index contributed by atoms with van der Waals surface area (Å²) in [5.41, 5.74) is 2.37. The second-order valence-corrected chi connectivity index (χ2v) is 6.73. The van der Waals surface area contributed by atoms with Crippen molar-refractivity contribution in [3.8, 4) is 0 Å². The number of hydrogen-bond acceptors (Lipinski definition) is 5. The zero-order valence-electron chi connectivity index (χ0n) is 14.2. The van der Waals surface area contributed by atoms with Crippen LogP contribution in [0.3, 0.4) is 0 Å². The predicted molar refractivity (Wildman–Crippen MR) is 88.4 cm³/mol. The molecule has 2 fully saturated rings. The fourth-order valence-electron chi connectivity index (χ4n) is 3.73. The van der Waals surface area contributed by atoms with Gasteiger partial charge in [0.2, 0.25) is 0 Å². The fourth-order valence-corrected chi connectivity index (χ4v) is 3.73. The molecule has 0 radical (unpaired) electrons. The zero-order chi connectivity index (χ0) is 17.6. The summed E-state index contributed by atoms with van der Waals surface area (Å²) in [5, 5.41) is 18.7. The van der Waals surface area contributed by atoms with E-state index in [-0.39, 0.29) is 18.0 Å². The minimum Gasteiger partial charge on any atom is -0.389 e. The fraction of sp³-hybridized carbons (Fsp3) is 0.500. The highest BCUT2D eigenvalue weighted by Gasteiger charge is 2.51. The van der Waals surface area contributed by atoms with Crippen molar-refractivity contribution in [2.24, 2.45) is 0 Å². The number of aliphatic hydroxyl groups excluding tert-OH is 1. The number of aryl methyl sites for hydroxylation is 2. The van der Waals surface area contributed by atoms with Crippen LogP contribution < -0.4 is 5.32 Å². The van der Waals surface area contributed by atoms with Gasteiger partial charge in [-0.3, -0.25) is 4.68 Å². The molecule has 0 aliphatic carbocycles. The van der Waals surface area contributed by atoms with E-state index < -0.39 is 18.4 Å². The number of aromatic nitrogens is 2. The van der Waals surface area contributed by atoms with Gasteiger partial charge in [-0.25, -0.2) is 4.39 Å². The predicted octanol–water partition coefficient (Wildman–Crippen LogP) is 1.45. The Hall–Kier alpha value is -1.80. The van der Waals surface area contributed by atoms with E-state index in [0.29, 0.717) is 18.7 Å². The molecule has 0 spiro atoms. The van der Waals surface area contributed by atoms with Crippen LogP contribution in [0.4, 0.5) is 4.39 Å². The molecule has 7 heteroatoms. The lowest BCUT2D eigenvalue weighted by molar-refractivity contribution is -0.168. The summed E-state index contributed by atoms with van der Waals surface area (Å²) in [6.07, 6.45) is -1.54. The molecule has 6 nitrogen and oxygen atoms in total. The van der Waals surface area contributed by atoms with Gasteiger partial charge in [0.1, 0.15) is 18.0 Å². The average Bonchev–Trinajstić information content (AvgIpc) is 3.14. The maximum absolute atomic E-state index is 13.9. The van der Waals surface area contributed by atoms with Crippen molar-refractivity contribution >= 4 is 0 Å². The smallest absolute Gasteiger partial charge is 0.183 e. The number of aliphatic hydroxyl groups is 1. The van der Waals surface area contributed by atoms with E-state index >= 15 is 0 Å². The van der Waals surface area contributed by atoms with Gasteiger partial charge in [-0.15, -0.1) is 0 Å². The Labute approximate surface area is 145 Å². The molecule has 2 aromatic rings. The van der Waals surface area contributed by atoms with E-state index in [4.69, 9.17) is 9.47 Å². The van der Waals surface area contributed by atoms with Crippen LogP contribution in [0.1, 0.15) is 23.0 Å². The zero-order valence-corrected chi connectivity index (χ0v) is 14.2. The Morgan fingerprint density at radius 1 is 1.36 bits per heavy atom. The molecular weight excluding hydrogens is 325 g/mol. The number of fused-ring (bicyclic) bond motifs is 2. The maximum Gasteiger partial charge on any atom is 0.183 e. The molecular formula is C18H22FN3O3. The summed E-state index contributed by atoms with van der Waals surface area (Å²) in [7, 11) is 0. The van der Waals surface area contributed by atoms with Crippen molar-refractivity contribution in [3.63, 3.8) is 0 Å². The lowest BCUT2D eigenvalue weighted by atomic mass is 9.95. The van der Waals surface area contributed by atoms with Gasteiger partial charge in [0.25, 0.3) is 0 Å². The van der Waals surface area contributed by atoms with Crippen LogP contribution in [0.5, 0.6) is 0 Å². The third-order valence-electron chi connectivity index (χ3n) is 4.94. The molecule has 2 aliphatic heterocycles. The molecule has 0 saturated carbocycles. The van der Waals surface area contributed by atoms with Crippen LogP contribution in [-0.2, 0) is 16.0 Å². The van der Waals surface area contributed by atoms with Crippen molar-refractivity contribution in [2.45, 2.75) is 51.0 Å². The van der Waals surface area contributed by atoms with Gasteiger partial charge >= 0.3 is 0 Å². The van der Waals surface area contributed by atoms with E-state index in [1.807, 2.05) is 19.9 Å². The third kappa shape index (κ3) is 2.97. The topological polar surface area (TPSA) is 68.5 Å². The van der Waals surface area contributed by atoms with Crippen molar-refractivity contribution in [1.29, 1.82) is 0 Å². The summed E-state index contributed by atoms with van der Waals surface area (Å²) in [6, 6.07) is 7.75. The van der Waals surface area contributed by atoms with Crippen LogP contribution in [0.2, 0.25) is 0 Å². The number of nitrogens with zero attached hydrogens (tertiary/aromatic N) is 2. The van der Waals surface area contributed by atoms with Gasteiger partial charge in [-0.2, -0.15) is 5.10 Å². The molecule has 134 valence electrons. The van der Waals surface area contributed by atoms with Crippen LogP contribution in [0.15, 0.2) is 30.3 Å². The van der Waals surface area contributed by atoms with E-state index in [9.17, 15) is 9.50 Å². The number of nitrogens with one attached hydrogen (secondary N) is 1. The number of benzene rings is 1. The lowest BCUT2D eigenvalue weighted by Gasteiger charge is -2.39. The molecule has 0 amide bonds. The largest absolute Gasteiger partial charge is 0.389 e. The van der Waals surface area contributed by atoms with Crippen molar-refractivity contribution in [1.82, 2.24) is 15.1 Å². The number of rotatable bonds is 4. The first-order valence-electron chi connectivity index (χ1n) is 8.49. The highest BCUT2D eigenvalue weighted by atomic mass is 19.1. The van der Waals surface area contributed by atoms with E-state index in [1.165, 1.54) is 6.07 Å². The quantitative estimate of drug-likeness (QED) is 0.876. The second kappa shape index (κ2) is 6.49. The minimum atomic E-state index is -0.754. The first-order valence-corrected chi connectivity index (χ1v) is 8.49. The Bertz CT molecular complexity index is 766. The molecule has 2 aliphatic rings. The van der Waals surface area contributed by atoms with Gasteiger partial charge < -0.3 is 19.9 Å². The standard InChI is InChI=1S/C18H22FN3O3/c1-10-7-11(2)22(21-10)16-17(23)15(14-9-24-18(16)25-14)20-8-12-5-3-4-6-13(12)19/h3-7,14-18,20,23H,8-9H2,1-2H3/t14-,15-,16-,17+,18-/m1/s1. The van der Waals surface area contributed by atoms with Gasteiger partial charge in [0.15, 0.2) is 6.29 Å². The molecule has 4 rings (SSSR count). The summed E-state index contributed by atoms with van der Waals surface area (Å²) >= 11 is 0. The monoisotopic (exact) mass is 347 g/mol. The van der Waals surface area contributed by atoms with Crippen LogP contribution in [-0.4, -0.2) is 46.0 Å². The van der Waals surface area contributed by atoms with Crippen molar-refractivity contribution in [2.75, 3.05) is 6.61 Å². The van der Waals surface area contributed by atoms with E-state index in [0.717, 1.165) is 11.4 Å². The van der Waals surface area contributed by atoms with Crippen LogP contribution in [0, 0.1) is 19.7 Å². The number of halogens is 1. The van der Waals surface area contributed by atoms with E-state index in [2.05, 4.69) is 10.4 Å². The lowest BCUT2D eigenvalue weighted by Crippen LogP contribution is -2.57. The normalized spacial score (nSPS) is 31.4. The Morgan fingerprint density at radius 3 is 2.88 bits per heavy atom. The Morgan fingerprint density at radius 2 is 2.16 bits per heavy atom. The average molecular weight is 347 g/mol. The van der Waals surface area contributed by atoms with Gasteiger partial charge in [-0.1, -0.05) is 18.2 Å². The Kier molecular flexibility index (Phi) is 4.33. The molecule has 2 bridgehead atoms. The summed E-state index contributed by atoms with van der Waals surface area (Å²) in [5.74, 6) is -0.267. The van der Waals surface area contributed by atoms with Crippen LogP contribution in [0.25, 0.3) is 0 Å².